The maximum atomic E-state index is 13.9. The Morgan fingerprint density at radius 2 is 1.90 bits per heavy atom. The molecular weight excluding hydrogens is 506 g/mol. The van der Waals surface area contributed by atoms with Crippen molar-refractivity contribution < 1.29 is 38.9 Å². The molecule has 4 aliphatic rings. The van der Waals surface area contributed by atoms with Crippen LogP contribution in [0, 0.1) is 29.6 Å². The number of nitrogens with zero attached hydrogens (tertiary/aromatic N) is 1. The van der Waals surface area contributed by atoms with Gasteiger partial charge in [-0.1, -0.05) is 6.42 Å². The van der Waals surface area contributed by atoms with Gasteiger partial charge in [0.2, 0.25) is 5.91 Å². The lowest BCUT2D eigenvalue weighted by Crippen LogP contribution is -2.74. The number of ketones is 4. The molecule has 39 heavy (non-hydrogen) atoms. The number of aromatic hydroxyl groups is 1. The first-order valence-electron chi connectivity index (χ1n) is 13.4. The second kappa shape index (κ2) is 9.79. The Morgan fingerprint density at radius 3 is 2.46 bits per heavy atom. The highest BCUT2D eigenvalue weighted by atomic mass is 16.5. The molecule has 0 aliphatic heterocycles. The lowest BCUT2D eigenvalue weighted by Gasteiger charge is -2.52. The van der Waals surface area contributed by atoms with Gasteiger partial charge >= 0.3 is 0 Å². The summed E-state index contributed by atoms with van der Waals surface area (Å²) in [6.45, 7) is 1.25. The smallest absolute Gasteiger partial charge is 0.235 e. The summed E-state index contributed by atoms with van der Waals surface area (Å²) in [7, 11) is 4.59. The van der Waals surface area contributed by atoms with E-state index in [4.69, 9.17) is 10.5 Å². The number of aliphatic hydroxyl groups is 1. The number of likely N-dealkylation sites (N-methyl/N-ethyl adjacent to an activating group) is 1. The fourth-order valence-corrected chi connectivity index (χ4v) is 7.21. The Kier molecular flexibility index (Phi) is 6.89. The van der Waals surface area contributed by atoms with Crippen LogP contribution < -0.4 is 15.8 Å². The average molecular weight is 542 g/mol. The molecule has 0 heterocycles. The number of rotatable bonds is 7. The van der Waals surface area contributed by atoms with Gasteiger partial charge in [-0.15, -0.1) is 0 Å². The van der Waals surface area contributed by atoms with Gasteiger partial charge in [0.05, 0.1) is 24.6 Å². The number of nitrogens with two attached hydrogens (primary N) is 1. The number of phenols is 1. The Bertz CT molecular complexity index is 1270. The van der Waals surface area contributed by atoms with E-state index in [1.165, 1.54) is 37.3 Å². The Labute approximate surface area is 226 Å². The summed E-state index contributed by atoms with van der Waals surface area (Å²) in [5.41, 5.74) is 3.69. The van der Waals surface area contributed by atoms with Gasteiger partial charge in [0.1, 0.15) is 11.5 Å². The predicted molar refractivity (Wildman–Crippen MR) is 137 cm³/mol. The molecule has 0 bridgehead atoms. The first-order chi connectivity index (χ1) is 18.4. The van der Waals surface area contributed by atoms with Crippen molar-refractivity contribution in [3.8, 4) is 11.5 Å². The molecule has 1 aromatic carbocycles. The van der Waals surface area contributed by atoms with E-state index in [1.807, 2.05) is 0 Å². The summed E-state index contributed by atoms with van der Waals surface area (Å²) >= 11 is 0. The Balaban J connectivity index is 1.54. The minimum absolute atomic E-state index is 0.00201. The molecule has 0 spiro atoms. The summed E-state index contributed by atoms with van der Waals surface area (Å²) in [5.74, 6) is -9.54. The number of carbonyl (C=O) groups excluding carboxylic acids is 5. The number of fused-ring (bicyclic) bond motifs is 3. The first kappa shape index (κ1) is 27.4. The molecule has 3 fully saturated rings. The van der Waals surface area contributed by atoms with Crippen LogP contribution in [0.1, 0.15) is 47.2 Å². The number of carbonyl (C=O) groups is 5. The lowest BCUT2D eigenvalue weighted by atomic mass is 9.52. The molecule has 0 aromatic heterocycles. The number of Topliss-reactive ketones (excluding diaryl/α,β-unsaturated/α-hetero) is 4. The summed E-state index contributed by atoms with van der Waals surface area (Å²) < 4.78 is 5.71. The van der Waals surface area contributed by atoms with Crippen LogP contribution in [0.4, 0.5) is 0 Å². The van der Waals surface area contributed by atoms with Crippen LogP contribution in [0.15, 0.2) is 6.07 Å². The van der Waals surface area contributed by atoms with Crippen molar-refractivity contribution in [1.82, 2.24) is 10.2 Å². The van der Waals surface area contributed by atoms with Gasteiger partial charge in [0, 0.05) is 23.6 Å². The van der Waals surface area contributed by atoms with Crippen LogP contribution in [0.5, 0.6) is 11.5 Å². The second-order valence-corrected chi connectivity index (χ2v) is 11.7. The van der Waals surface area contributed by atoms with Crippen LogP contribution >= 0.6 is 0 Å². The molecule has 0 saturated heterocycles. The van der Waals surface area contributed by atoms with Crippen LogP contribution in [0.2, 0.25) is 0 Å². The summed E-state index contributed by atoms with van der Waals surface area (Å²) in [5, 5.41) is 26.0. The topological polar surface area (TPSA) is 176 Å². The summed E-state index contributed by atoms with van der Waals surface area (Å²) in [6, 6.07) is 0.313. The zero-order valence-corrected chi connectivity index (χ0v) is 22.4. The predicted octanol–water partition coefficient (Wildman–Crippen LogP) is -0.235. The van der Waals surface area contributed by atoms with E-state index < -0.39 is 64.4 Å². The van der Waals surface area contributed by atoms with Crippen molar-refractivity contribution in [2.45, 2.75) is 50.3 Å². The average Bonchev–Trinajstić information content (AvgIpc) is 2.82. The maximum absolute atomic E-state index is 13.9. The SMILES string of the molecule is COc1c(CNCC2CCC2)cc(O)c2c1C[C@H]1C[C@H]3[C@H](N(C)C)C(=O)C(C(N)=O)C(=O)[C@@]3(O)C(=O)C1C2=O. The molecule has 6 atom stereocenters. The van der Waals surface area contributed by atoms with Crippen molar-refractivity contribution in [2.24, 2.45) is 35.3 Å². The highest BCUT2D eigenvalue weighted by molar-refractivity contribution is 6.32. The van der Waals surface area contributed by atoms with Crippen LogP contribution in [0.25, 0.3) is 0 Å². The lowest BCUT2D eigenvalue weighted by molar-refractivity contribution is -0.181. The molecule has 2 unspecified atom stereocenters. The maximum Gasteiger partial charge on any atom is 0.235 e. The number of primary amides is 1. The Morgan fingerprint density at radius 1 is 1.21 bits per heavy atom. The van der Waals surface area contributed by atoms with Crippen molar-refractivity contribution in [1.29, 1.82) is 0 Å². The number of hydrogen-bond acceptors (Lipinski definition) is 10. The first-order valence-corrected chi connectivity index (χ1v) is 13.4. The molecule has 210 valence electrons. The van der Waals surface area contributed by atoms with Crippen LogP contribution in [-0.2, 0) is 32.1 Å². The van der Waals surface area contributed by atoms with E-state index in [1.54, 1.807) is 14.1 Å². The zero-order valence-electron chi connectivity index (χ0n) is 22.4. The number of phenolic OH excluding ortho intramolecular Hbond substituents is 1. The molecule has 11 heteroatoms. The van der Waals surface area contributed by atoms with Gasteiger partial charge in [0.25, 0.3) is 0 Å². The summed E-state index contributed by atoms with van der Waals surface area (Å²) in [6.07, 6.45) is 3.75. The van der Waals surface area contributed by atoms with E-state index in [9.17, 15) is 34.2 Å². The summed E-state index contributed by atoms with van der Waals surface area (Å²) in [4.78, 5) is 67.7. The van der Waals surface area contributed by atoms with E-state index in [-0.39, 0.29) is 24.2 Å². The number of benzene rings is 1. The van der Waals surface area contributed by atoms with Crippen LogP contribution in [-0.4, -0.2) is 83.5 Å². The zero-order chi connectivity index (χ0) is 28.4. The molecule has 5 N–H and O–H groups in total. The van der Waals surface area contributed by atoms with Crippen molar-refractivity contribution in [3.05, 3.63) is 22.8 Å². The second-order valence-electron chi connectivity index (χ2n) is 11.7. The monoisotopic (exact) mass is 541 g/mol. The third-order valence-corrected chi connectivity index (χ3v) is 9.27. The van der Waals surface area contributed by atoms with E-state index in [0.29, 0.717) is 29.3 Å². The number of methoxy groups -OCH3 is 1. The molecule has 0 radical (unpaired) electrons. The van der Waals surface area contributed by atoms with Gasteiger partial charge in [-0.2, -0.15) is 0 Å². The highest BCUT2D eigenvalue weighted by Gasteiger charge is 2.69. The third kappa shape index (κ3) is 4.01. The van der Waals surface area contributed by atoms with Gasteiger partial charge in [-0.3, -0.25) is 28.9 Å². The molecule has 3 saturated carbocycles. The number of amides is 1. The van der Waals surface area contributed by atoms with Crippen LogP contribution in [0.3, 0.4) is 0 Å². The largest absolute Gasteiger partial charge is 0.507 e. The van der Waals surface area contributed by atoms with E-state index in [0.717, 1.165) is 6.54 Å². The minimum Gasteiger partial charge on any atom is -0.507 e. The molecule has 1 amide bonds. The minimum atomic E-state index is -2.73. The van der Waals surface area contributed by atoms with Gasteiger partial charge in [-0.25, -0.2) is 0 Å². The van der Waals surface area contributed by atoms with Gasteiger partial charge < -0.3 is 26.0 Å². The molecule has 5 rings (SSSR count). The molecule has 1 aromatic rings. The molecular formula is C28H35N3O8. The quantitative estimate of drug-likeness (QED) is 0.337. The third-order valence-electron chi connectivity index (χ3n) is 9.27. The van der Waals surface area contributed by atoms with Gasteiger partial charge in [-0.05, 0) is 64.2 Å². The standard InChI is InChI=1S/C28H35N3O8/c1-31(2)21-16-8-13-7-15-19(17(32)9-14(24(15)39-3)11-30-10-12-5-4-6-12)22(33)18(13)25(35)28(16,38)26(36)20(23(21)34)27(29)37/h9,12-13,16,18,20-21,30,32,38H,4-8,10-11H2,1-3H3,(H2,29,37)/t13-,16-,18?,20?,21-,28-/m0/s1. The fraction of sp³-hybridized carbons (Fsp3) is 0.607. The fourth-order valence-electron chi connectivity index (χ4n) is 7.21. The van der Waals surface area contributed by atoms with Crippen molar-refractivity contribution in [2.75, 3.05) is 27.7 Å². The number of nitrogens with one attached hydrogen (secondary N) is 1. The van der Waals surface area contributed by atoms with E-state index in [2.05, 4.69) is 5.32 Å². The van der Waals surface area contributed by atoms with E-state index >= 15 is 0 Å². The van der Waals surface area contributed by atoms with Crippen molar-refractivity contribution in [3.63, 3.8) is 0 Å². The molecule has 11 nitrogen and oxygen atoms in total. The molecule has 4 aliphatic carbocycles. The van der Waals surface area contributed by atoms with Crippen molar-refractivity contribution >= 4 is 29.0 Å². The normalized spacial score (nSPS) is 32.4. The highest BCUT2D eigenvalue weighted by Crippen LogP contribution is 2.52. The Hall–Kier alpha value is -3.15. The number of ether oxygens (including phenoxy) is 1. The number of hydrogen-bond donors (Lipinski definition) is 4. The van der Waals surface area contributed by atoms with Gasteiger partial charge in [0.15, 0.2) is 34.7 Å².